The normalized spacial score (nSPS) is 19.2. The van der Waals surface area contributed by atoms with E-state index in [1.165, 1.54) is 32.1 Å². The molecule has 0 amide bonds. The predicted octanol–water partition coefficient (Wildman–Crippen LogP) is 5.12. The lowest BCUT2D eigenvalue weighted by molar-refractivity contribution is 0.149. The Morgan fingerprint density at radius 3 is 1.94 bits per heavy atom. The fourth-order valence-corrected chi connectivity index (χ4v) is 4.06. The summed E-state index contributed by atoms with van der Waals surface area (Å²) in [7, 11) is -3.08. The average molecular weight is 274 g/mol. The van der Waals surface area contributed by atoms with Gasteiger partial charge in [-0.05, 0) is 46.5 Å². The van der Waals surface area contributed by atoms with Gasteiger partial charge in [-0.2, -0.15) is 0 Å². The first-order valence-corrected chi connectivity index (χ1v) is 8.68. The van der Waals surface area contributed by atoms with Crippen LogP contribution >= 0.6 is 7.60 Å². The summed E-state index contributed by atoms with van der Waals surface area (Å²) in [6, 6.07) is 0. The lowest BCUT2D eigenvalue weighted by Gasteiger charge is -2.22. The lowest BCUT2D eigenvalue weighted by atomic mass is 9.90. The molecule has 1 rings (SSSR count). The number of hydrogen-bond donors (Lipinski definition) is 0. The van der Waals surface area contributed by atoms with Gasteiger partial charge in [0.2, 0.25) is 0 Å². The van der Waals surface area contributed by atoms with Gasteiger partial charge in [-0.1, -0.05) is 25.3 Å². The van der Waals surface area contributed by atoms with Gasteiger partial charge in [-0.3, -0.25) is 4.57 Å². The Kier molecular flexibility index (Phi) is 6.62. The Morgan fingerprint density at radius 1 is 1.00 bits per heavy atom. The second kappa shape index (κ2) is 7.47. The van der Waals surface area contributed by atoms with Gasteiger partial charge in [-0.15, -0.1) is 0 Å². The minimum absolute atomic E-state index is 0.0920. The molecule has 1 aliphatic rings. The molecule has 1 saturated carbocycles. The second-order valence-corrected chi connectivity index (χ2v) is 7.39. The van der Waals surface area contributed by atoms with Crippen molar-refractivity contribution in [2.75, 3.05) is 0 Å². The van der Waals surface area contributed by atoms with E-state index >= 15 is 0 Å². The van der Waals surface area contributed by atoms with Crippen molar-refractivity contribution in [1.29, 1.82) is 0 Å². The molecule has 4 heteroatoms. The van der Waals surface area contributed by atoms with Gasteiger partial charge in [0, 0.05) is 5.82 Å². The van der Waals surface area contributed by atoms with Crippen LogP contribution in [0.4, 0.5) is 0 Å². The van der Waals surface area contributed by atoms with E-state index in [1.807, 2.05) is 33.8 Å². The predicted molar refractivity (Wildman–Crippen MR) is 75.8 cm³/mol. The number of rotatable bonds is 6. The number of allylic oxidation sites excluding steroid dienone is 1. The van der Waals surface area contributed by atoms with Crippen molar-refractivity contribution in [3.63, 3.8) is 0 Å². The van der Waals surface area contributed by atoms with Crippen LogP contribution in [0.15, 0.2) is 11.9 Å². The van der Waals surface area contributed by atoms with Gasteiger partial charge in [0.15, 0.2) is 0 Å². The Bertz CT molecular complexity index is 290. The van der Waals surface area contributed by atoms with Crippen LogP contribution in [0.2, 0.25) is 0 Å². The van der Waals surface area contributed by atoms with Crippen LogP contribution < -0.4 is 0 Å². The third-order valence-electron chi connectivity index (χ3n) is 2.91. The Labute approximate surface area is 111 Å². The SMILES string of the molecule is CC(C)OP(=O)(/C=C/C1CCCCC1)OC(C)C. The molecule has 0 radical (unpaired) electrons. The Morgan fingerprint density at radius 2 is 1.50 bits per heavy atom. The highest BCUT2D eigenvalue weighted by atomic mass is 31.2. The van der Waals surface area contributed by atoms with Gasteiger partial charge >= 0.3 is 7.60 Å². The van der Waals surface area contributed by atoms with Crippen LogP contribution in [0.25, 0.3) is 0 Å². The first kappa shape index (κ1) is 15.9. The maximum absolute atomic E-state index is 12.5. The summed E-state index contributed by atoms with van der Waals surface area (Å²) in [6.45, 7) is 7.52. The zero-order chi connectivity index (χ0) is 13.6. The van der Waals surface area contributed by atoms with E-state index in [0.717, 1.165) is 0 Å². The van der Waals surface area contributed by atoms with Crippen LogP contribution in [-0.4, -0.2) is 12.2 Å². The second-order valence-electron chi connectivity index (χ2n) is 5.59. The highest BCUT2D eigenvalue weighted by molar-refractivity contribution is 7.57. The molecule has 0 N–H and O–H groups in total. The Balaban J connectivity index is 2.64. The fourth-order valence-electron chi connectivity index (χ4n) is 2.24. The molecule has 0 aromatic heterocycles. The molecule has 0 spiro atoms. The smallest absolute Gasteiger partial charge is 0.303 e. The summed E-state index contributed by atoms with van der Waals surface area (Å²) in [4.78, 5) is 0. The first-order valence-electron chi connectivity index (χ1n) is 7.07. The van der Waals surface area contributed by atoms with Crippen molar-refractivity contribution in [1.82, 2.24) is 0 Å². The van der Waals surface area contributed by atoms with Crippen molar-refractivity contribution < 1.29 is 13.6 Å². The van der Waals surface area contributed by atoms with Crippen molar-refractivity contribution >= 4 is 7.60 Å². The van der Waals surface area contributed by atoms with Gasteiger partial charge in [0.25, 0.3) is 0 Å². The van der Waals surface area contributed by atoms with Crippen molar-refractivity contribution in [3.05, 3.63) is 11.9 Å². The minimum Gasteiger partial charge on any atom is -0.303 e. The van der Waals surface area contributed by atoms with Gasteiger partial charge < -0.3 is 9.05 Å². The highest BCUT2D eigenvalue weighted by Crippen LogP contribution is 2.52. The van der Waals surface area contributed by atoms with Gasteiger partial charge in [0.1, 0.15) is 0 Å². The molecule has 0 saturated heterocycles. The van der Waals surface area contributed by atoms with Crippen LogP contribution in [-0.2, 0) is 13.6 Å². The van der Waals surface area contributed by atoms with Crippen molar-refractivity contribution in [2.45, 2.75) is 72.0 Å². The van der Waals surface area contributed by atoms with Crippen LogP contribution in [0.3, 0.4) is 0 Å². The summed E-state index contributed by atoms with van der Waals surface area (Å²) in [5.41, 5.74) is 0. The van der Waals surface area contributed by atoms with E-state index in [2.05, 4.69) is 0 Å². The van der Waals surface area contributed by atoms with E-state index in [0.29, 0.717) is 5.92 Å². The van der Waals surface area contributed by atoms with E-state index in [4.69, 9.17) is 9.05 Å². The molecular formula is C14H27O3P. The molecule has 106 valence electrons. The molecule has 18 heavy (non-hydrogen) atoms. The summed E-state index contributed by atoms with van der Waals surface area (Å²) in [5.74, 6) is 2.22. The summed E-state index contributed by atoms with van der Waals surface area (Å²) in [5, 5.41) is 0. The molecule has 1 aliphatic carbocycles. The average Bonchev–Trinajstić information content (AvgIpc) is 2.26. The molecule has 0 aromatic rings. The van der Waals surface area contributed by atoms with E-state index in [1.54, 1.807) is 5.82 Å². The molecule has 0 atom stereocenters. The number of hydrogen-bond acceptors (Lipinski definition) is 3. The minimum atomic E-state index is -3.08. The standard InChI is InChI=1S/C14H27O3P/c1-12(2)16-18(15,17-13(3)4)11-10-14-8-6-5-7-9-14/h10-14H,5-9H2,1-4H3/b11-10+. The largest absolute Gasteiger partial charge is 0.354 e. The highest BCUT2D eigenvalue weighted by Gasteiger charge is 2.24. The molecule has 0 unspecified atom stereocenters. The third kappa shape index (κ3) is 6.17. The monoisotopic (exact) mass is 274 g/mol. The van der Waals surface area contributed by atoms with Crippen molar-refractivity contribution in [2.24, 2.45) is 5.92 Å². The maximum atomic E-state index is 12.5. The summed E-state index contributed by atoms with van der Waals surface area (Å²) >= 11 is 0. The maximum Gasteiger partial charge on any atom is 0.354 e. The summed E-state index contributed by atoms with van der Waals surface area (Å²) < 4.78 is 23.5. The fraction of sp³-hybridized carbons (Fsp3) is 0.857. The topological polar surface area (TPSA) is 35.5 Å². The van der Waals surface area contributed by atoms with Gasteiger partial charge in [-0.25, -0.2) is 0 Å². The molecule has 1 fully saturated rings. The Hall–Kier alpha value is -0.110. The van der Waals surface area contributed by atoms with E-state index in [-0.39, 0.29) is 12.2 Å². The molecule has 0 aromatic carbocycles. The molecule has 0 heterocycles. The molecule has 0 bridgehead atoms. The molecular weight excluding hydrogens is 247 g/mol. The summed E-state index contributed by atoms with van der Waals surface area (Å²) in [6.07, 6.45) is 8.12. The van der Waals surface area contributed by atoms with Crippen LogP contribution in [0.1, 0.15) is 59.8 Å². The van der Waals surface area contributed by atoms with Crippen LogP contribution in [0, 0.1) is 5.92 Å². The first-order chi connectivity index (χ1) is 8.41. The molecule has 3 nitrogen and oxygen atoms in total. The van der Waals surface area contributed by atoms with E-state index in [9.17, 15) is 4.57 Å². The zero-order valence-corrected chi connectivity index (χ0v) is 13.0. The lowest BCUT2D eigenvalue weighted by Crippen LogP contribution is -2.07. The molecule has 0 aliphatic heterocycles. The van der Waals surface area contributed by atoms with Crippen molar-refractivity contribution in [3.8, 4) is 0 Å². The third-order valence-corrected chi connectivity index (χ3v) is 4.87. The zero-order valence-electron chi connectivity index (χ0n) is 12.1. The van der Waals surface area contributed by atoms with E-state index < -0.39 is 7.60 Å². The van der Waals surface area contributed by atoms with Gasteiger partial charge in [0.05, 0.1) is 12.2 Å². The quantitative estimate of drug-likeness (QED) is 0.630. The van der Waals surface area contributed by atoms with Crippen LogP contribution in [0.5, 0.6) is 0 Å².